The van der Waals surface area contributed by atoms with Gasteiger partial charge >= 0.3 is 279 Å². The van der Waals surface area contributed by atoms with Crippen molar-refractivity contribution in [3.05, 3.63) is 175 Å². The molecule has 6 aromatic carbocycles. The van der Waals surface area contributed by atoms with Crippen molar-refractivity contribution >= 4 is 53.1 Å². The molecule has 0 radical (unpaired) electrons. The molecular formula is C53H51BiN2O. The Morgan fingerprint density at radius 1 is 0.509 bits per heavy atom. The van der Waals surface area contributed by atoms with Crippen LogP contribution in [0.2, 0.25) is 0 Å². The van der Waals surface area contributed by atoms with Crippen molar-refractivity contribution in [3.8, 4) is 34.0 Å². The second-order valence-corrected chi connectivity index (χ2v) is 25.8. The molecule has 0 aliphatic carbocycles. The molecule has 0 atom stereocenters. The third kappa shape index (κ3) is 8.16. The molecule has 0 aliphatic heterocycles. The molecule has 8 aromatic rings. The SMILES string of the molecule is CC(C)c1ccnc(-c2cc(Oc3cc(-c4nccc5[c]([Bi]([c]6ccccc6)[c]6ccccc6)c6ccccc6cc45)cc(C(C)(C)C)c3)cc(C(C)(C)C)c2)c1. The molecule has 0 saturated heterocycles. The van der Waals surface area contributed by atoms with E-state index in [1.165, 1.54) is 48.0 Å². The van der Waals surface area contributed by atoms with Gasteiger partial charge < -0.3 is 0 Å². The van der Waals surface area contributed by atoms with E-state index < -0.39 is 21.8 Å². The molecule has 0 aliphatic rings. The number of hydrogen-bond donors (Lipinski definition) is 0. The Kier molecular flexibility index (Phi) is 10.6. The Morgan fingerprint density at radius 2 is 1.07 bits per heavy atom. The van der Waals surface area contributed by atoms with E-state index in [-0.39, 0.29) is 10.8 Å². The van der Waals surface area contributed by atoms with Crippen LogP contribution < -0.4 is 14.6 Å². The van der Waals surface area contributed by atoms with Crippen molar-refractivity contribution in [2.45, 2.75) is 72.1 Å². The number of aromatic nitrogens is 2. The van der Waals surface area contributed by atoms with Crippen LogP contribution in [0.25, 0.3) is 44.1 Å². The molecule has 0 bridgehead atoms. The Labute approximate surface area is 346 Å². The normalized spacial score (nSPS) is 12.2. The zero-order chi connectivity index (χ0) is 39.9. The fourth-order valence-electron chi connectivity index (χ4n) is 7.56. The van der Waals surface area contributed by atoms with Crippen LogP contribution in [0, 0.1) is 0 Å². The number of ether oxygens (including phenoxy) is 1. The first-order valence-electron chi connectivity index (χ1n) is 20.0. The number of benzene rings is 6. The van der Waals surface area contributed by atoms with E-state index in [1.807, 2.05) is 12.4 Å². The smallest absolute Gasteiger partial charge is 0.0561 e. The predicted molar refractivity (Wildman–Crippen MR) is 243 cm³/mol. The van der Waals surface area contributed by atoms with Gasteiger partial charge in [0.25, 0.3) is 0 Å². The van der Waals surface area contributed by atoms with Crippen molar-refractivity contribution in [2.24, 2.45) is 0 Å². The molecular weight excluding hydrogens is 890 g/mol. The number of nitrogens with zero attached hydrogens (tertiary/aromatic N) is 2. The van der Waals surface area contributed by atoms with Crippen molar-refractivity contribution in [2.75, 3.05) is 0 Å². The molecule has 0 N–H and O–H groups in total. The first-order chi connectivity index (χ1) is 27.3. The van der Waals surface area contributed by atoms with Gasteiger partial charge in [-0.1, -0.05) is 34.6 Å². The zero-order valence-electron chi connectivity index (χ0n) is 34.3. The minimum atomic E-state index is -2.85. The number of hydrogen-bond acceptors (Lipinski definition) is 3. The van der Waals surface area contributed by atoms with Crippen LogP contribution in [0.5, 0.6) is 11.5 Å². The summed E-state index contributed by atoms with van der Waals surface area (Å²) in [4.78, 5) is 9.99. The van der Waals surface area contributed by atoms with Gasteiger partial charge in [0, 0.05) is 6.20 Å². The minimum absolute atomic E-state index is 0.0855. The third-order valence-electron chi connectivity index (χ3n) is 10.8. The molecule has 0 spiro atoms. The molecule has 57 heavy (non-hydrogen) atoms. The van der Waals surface area contributed by atoms with Gasteiger partial charge in [-0.25, -0.2) is 0 Å². The van der Waals surface area contributed by atoms with Gasteiger partial charge in [-0.2, -0.15) is 0 Å². The molecule has 4 heteroatoms. The second-order valence-electron chi connectivity index (χ2n) is 17.4. The van der Waals surface area contributed by atoms with Gasteiger partial charge in [-0.15, -0.1) is 0 Å². The van der Waals surface area contributed by atoms with Gasteiger partial charge in [-0.05, 0) is 23.6 Å². The predicted octanol–water partition coefficient (Wildman–Crippen LogP) is 12.1. The maximum atomic E-state index is 6.97. The van der Waals surface area contributed by atoms with Crippen LogP contribution in [0.1, 0.15) is 78.0 Å². The standard InChI is InChI=1S/C41H41N2O.2C6H5.Bi/c1-26(2)27-13-15-42-38(23-27)31-18-33(40(3,4)5)24-35(20-31)44-36-21-32(19-34(25-36)41(6,7)8)39-37-22-29-12-10-9-11-28(29)17-30(37)14-16-43-39;2*1-2-4-6-5-3-1;/h9-16,18-26H,1-8H3;2*1-5H;. The average molecular weight is 941 g/mol. The maximum absolute atomic E-state index is 6.97. The van der Waals surface area contributed by atoms with Crippen LogP contribution in [0.3, 0.4) is 0 Å². The van der Waals surface area contributed by atoms with Crippen LogP contribution in [0.15, 0.2) is 158 Å². The summed E-state index contributed by atoms with van der Waals surface area (Å²) in [5, 5.41) is 5.03. The summed E-state index contributed by atoms with van der Waals surface area (Å²) in [5.41, 5.74) is 7.49. The topological polar surface area (TPSA) is 35.0 Å². The monoisotopic (exact) mass is 940 g/mol. The summed E-state index contributed by atoms with van der Waals surface area (Å²) in [5.74, 6) is 2.01. The van der Waals surface area contributed by atoms with Crippen molar-refractivity contribution < 1.29 is 4.74 Å². The molecule has 8 rings (SSSR count). The van der Waals surface area contributed by atoms with E-state index >= 15 is 0 Å². The van der Waals surface area contributed by atoms with Crippen LogP contribution in [-0.2, 0) is 10.8 Å². The summed E-state index contributed by atoms with van der Waals surface area (Å²) >= 11 is -2.85. The third-order valence-corrected chi connectivity index (χ3v) is 20.8. The van der Waals surface area contributed by atoms with Crippen molar-refractivity contribution in [3.63, 3.8) is 0 Å². The van der Waals surface area contributed by atoms with Gasteiger partial charge in [0.05, 0.1) is 0 Å². The molecule has 2 aromatic heterocycles. The van der Waals surface area contributed by atoms with Crippen LogP contribution in [0.4, 0.5) is 0 Å². The van der Waals surface area contributed by atoms with Gasteiger partial charge in [0.15, 0.2) is 0 Å². The minimum Gasteiger partial charge on any atom is -0.0561 e. The van der Waals surface area contributed by atoms with Crippen molar-refractivity contribution in [1.82, 2.24) is 9.97 Å². The Bertz CT molecular complexity index is 2670. The summed E-state index contributed by atoms with van der Waals surface area (Å²) in [7, 11) is 0. The van der Waals surface area contributed by atoms with Gasteiger partial charge in [0.1, 0.15) is 0 Å². The Hall–Kier alpha value is -5.18. The summed E-state index contributed by atoms with van der Waals surface area (Å²) in [6, 6.07) is 53.5. The number of fused-ring (bicyclic) bond motifs is 2. The average Bonchev–Trinajstić information content (AvgIpc) is 3.20. The second kappa shape index (κ2) is 15.6. The Morgan fingerprint density at radius 3 is 1.68 bits per heavy atom. The first kappa shape index (κ1) is 38.7. The molecule has 0 unspecified atom stereocenters. The Balaban J connectivity index is 1.32. The summed E-state index contributed by atoms with van der Waals surface area (Å²) < 4.78 is 11.4. The van der Waals surface area contributed by atoms with Gasteiger partial charge in [0.2, 0.25) is 0 Å². The molecule has 3 nitrogen and oxygen atoms in total. The quantitative estimate of drug-likeness (QED) is 0.112. The van der Waals surface area contributed by atoms with Crippen LogP contribution >= 0.6 is 0 Å². The van der Waals surface area contributed by atoms with E-state index in [4.69, 9.17) is 14.7 Å². The summed E-state index contributed by atoms with van der Waals surface area (Å²) in [6.45, 7) is 18.0. The molecule has 0 fully saturated rings. The molecule has 284 valence electrons. The van der Waals surface area contributed by atoms with E-state index in [0.29, 0.717) is 5.92 Å². The number of rotatable bonds is 8. The molecule has 0 saturated carbocycles. The fourth-order valence-corrected chi connectivity index (χ4v) is 17.8. The van der Waals surface area contributed by atoms with E-state index in [2.05, 4.69) is 201 Å². The van der Waals surface area contributed by atoms with Crippen LogP contribution in [-0.4, -0.2) is 31.7 Å². The number of pyridine rings is 2. The van der Waals surface area contributed by atoms with E-state index in [0.717, 1.165) is 34.0 Å². The molecule has 2 heterocycles. The first-order valence-corrected chi connectivity index (χ1v) is 25.2. The van der Waals surface area contributed by atoms with Crippen molar-refractivity contribution in [1.29, 1.82) is 0 Å². The summed E-state index contributed by atoms with van der Waals surface area (Å²) in [6.07, 6.45) is 3.93. The van der Waals surface area contributed by atoms with E-state index in [9.17, 15) is 0 Å². The van der Waals surface area contributed by atoms with E-state index in [1.54, 1.807) is 0 Å². The molecule has 0 amide bonds. The van der Waals surface area contributed by atoms with Gasteiger partial charge in [-0.3, -0.25) is 4.98 Å². The zero-order valence-corrected chi connectivity index (χ0v) is 37.8. The fraction of sp³-hybridized carbons (Fsp3) is 0.208.